The van der Waals surface area contributed by atoms with Crippen molar-refractivity contribution in [3.05, 3.63) is 126 Å². The molecule has 0 fully saturated rings. The molecule has 0 saturated carbocycles. The summed E-state index contributed by atoms with van der Waals surface area (Å²) in [5, 5.41) is 20.2. The van der Waals surface area contributed by atoms with E-state index in [2.05, 4.69) is 22.3 Å². The number of oxime groups is 1. The maximum absolute atomic E-state index is 8.09. The van der Waals surface area contributed by atoms with Gasteiger partial charge in [0, 0.05) is 0 Å². The standard InChI is InChI=1S/C21H23N4.C7H7NO/c1-2-3-14-21-24(22-17-19-10-6-4-7-11-19)15-16-25(21)23-18-20-12-8-5-9-13-20;9-8-6-7-4-2-1-3-5-7/h4-13,15-18H,2-3,14H2,1H3;1-6,9H/q+1;/b22-17+,23-18+;8-6-. The van der Waals surface area contributed by atoms with Crippen LogP contribution in [-0.2, 0) is 6.42 Å². The van der Waals surface area contributed by atoms with Crippen molar-refractivity contribution in [2.75, 3.05) is 0 Å². The number of hydrogen-bond donors (Lipinski definition) is 1. The van der Waals surface area contributed by atoms with Crippen LogP contribution in [0.4, 0.5) is 0 Å². The van der Waals surface area contributed by atoms with Crippen LogP contribution in [0.5, 0.6) is 0 Å². The van der Waals surface area contributed by atoms with Crippen LogP contribution in [0.25, 0.3) is 0 Å². The quantitative estimate of drug-likeness (QED) is 0.166. The molecule has 0 unspecified atom stereocenters. The van der Waals surface area contributed by atoms with Crippen molar-refractivity contribution < 1.29 is 9.88 Å². The molecule has 34 heavy (non-hydrogen) atoms. The molecule has 1 N–H and O–H groups in total. The minimum Gasteiger partial charge on any atom is -0.411 e. The normalized spacial score (nSPS) is 11.2. The Morgan fingerprint density at radius 3 is 1.82 bits per heavy atom. The zero-order chi connectivity index (χ0) is 23.8. The first-order valence-corrected chi connectivity index (χ1v) is 11.3. The Bertz CT molecular complexity index is 1120. The summed E-state index contributed by atoms with van der Waals surface area (Å²) in [4.78, 5) is 0. The second kappa shape index (κ2) is 14.0. The van der Waals surface area contributed by atoms with Crippen molar-refractivity contribution in [1.82, 2.24) is 4.68 Å². The van der Waals surface area contributed by atoms with Crippen molar-refractivity contribution in [3.8, 4) is 0 Å². The molecule has 0 spiro atoms. The lowest BCUT2D eigenvalue weighted by molar-refractivity contribution is -0.685. The van der Waals surface area contributed by atoms with E-state index < -0.39 is 0 Å². The Labute approximate surface area is 200 Å². The average Bonchev–Trinajstić information content (AvgIpc) is 3.29. The molecule has 4 aromatic rings. The molecular weight excluding hydrogens is 422 g/mol. The van der Waals surface area contributed by atoms with Gasteiger partial charge in [0.1, 0.15) is 0 Å². The summed E-state index contributed by atoms with van der Waals surface area (Å²) in [5.41, 5.74) is 3.06. The molecule has 0 radical (unpaired) electrons. The molecule has 0 atom stereocenters. The fourth-order valence-corrected chi connectivity index (χ4v) is 3.12. The minimum atomic E-state index is 0.903. The highest BCUT2D eigenvalue weighted by Crippen LogP contribution is 2.03. The van der Waals surface area contributed by atoms with Gasteiger partial charge in [0.15, 0.2) is 12.4 Å². The van der Waals surface area contributed by atoms with E-state index in [9.17, 15) is 0 Å². The summed E-state index contributed by atoms with van der Waals surface area (Å²) < 4.78 is 3.82. The summed E-state index contributed by atoms with van der Waals surface area (Å²) in [7, 11) is 0. The maximum Gasteiger partial charge on any atom is 0.307 e. The van der Waals surface area contributed by atoms with Crippen LogP contribution >= 0.6 is 0 Å². The Hall–Kier alpha value is -4.32. The molecule has 0 aliphatic rings. The van der Waals surface area contributed by atoms with Gasteiger partial charge < -0.3 is 5.21 Å². The molecule has 0 bridgehead atoms. The second-order valence-electron chi connectivity index (χ2n) is 7.47. The zero-order valence-electron chi connectivity index (χ0n) is 19.4. The van der Waals surface area contributed by atoms with Gasteiger partial charge in [-0.1, -0.05) is 120 Å². The number of unbranched alkanes of at least 4 members (excludes halogenated alkanes) is 1. The predicted molar refractivity (Wildman–Crippen MR) is 138 cm³/mol. The average molecular weight is 453 g/mol. The van der Waals surface area contributed by atoms with E-state index in [4.69, 9.17) is 5.21 Å². The molecule has 6 nitrogen and oxygen atoms in total. The second-order valence-corrected chi connectivity index (χ2v) is 7.47. The van der Waals surface area contributed by atoms with Crippen LogP contribution < -0.4 is 4.68 Å². The number of imidazole rings is 1. The summed E-state index contributed by atoms with van der Waals surface area (Å²) in [6, 6.07) is 29.6. The summed E-state index contributed by atoms with van der Waals surface area (Å²) in [6.07, 6.45) is 12.2. The Kier molecular flexibility index (Phi) is 9.98. The SMILES string of the molecule is CCCCc1n(/N=C/c2ccccc2)cc[n+]1/N=C/c1ccccc1.O/N=C\c1ccccc1. The first-order valence-electron chi connectivity index (χ1n) is 11.3. The topological polar surface area (TPSA) is 66.1 Å². The van der Waals surface area contributed by atoms with Gasteiger partial charge in [-0.3, -0.25) is 0 Å². The summed E-state index contributed by atoms with van der Waals surface area (Å²) in [5.74, 6) is 1.07. The fraction of sp³-hybridized carbons (Fsp3) is 0.143. The number of hydrogen-bond acceptors (Lipinski definition) is 4. The van der Waals surface area contributed by atoms with E-state index in [-0.39, 0.29) is 0 Å². The summed E-state index contributed by atoms with van der Waals surface area (Å²) in [6.45, 7) is 2.19. The molecule has 172 valence electrons. The van der Waals surface area contributed by atoms with Crippen molar-refractivity contribution >= 4 is 18.6 Å². The van der Waals surface area contributed by atoms with Gasteiger partial charge in [-0.2, -0.15) is 0 Å². The largest absolute Gasteiger partial charge is 0.411 e. The van der Waals surface area contributed by atoms with Crippen LogP contribution in [0.2, 0.25) is 0 Å². The van der Waals surface area contributed by atoms with Gasteiger partial charge in [-0.25, -0.2) is 0 Å². The van der Waals surface area contributed by atoms with E-state index in [1.54, 1.807) is 0 Å². The van der Waals surface area contributed by atoms with Gasteiger partial charge in [0.25, 0.3) is 0 Å². The first-order chi connectivity index (χ1) is 16.8. The van der Waals surface area contributed by atoms with Gasteiger partial charge in [0.2, 0.25) is 0 Å². The smallest absolute Gasteiger partial charge is 0.307 e. The van der Waals surface area contributed by atoms with Crippen molar-refractivity contribution in [2.45, 2.75) is 26.2 Å². The molecule has 1 heterocycles. The molecule has 3 aromatic carbocycles. The van der Waals surface area contributed by atoms with E-state index >= 15 is 0 Å². The lowest BCUT2D eigenvalue weighted by Gasteiger charge is -1.97. The van der Waals surface area contributed by atoms with Gasteiger partial charge >= 0.3 is 5.82 Å². The molecule has 0 aliphatic heterocycles. The fourth-order valence-electron chi connectivity index (χ4n) is 3.12. The van der Waals surface area contributed by atoms with Crippen LogP contribution in [0.15, 0.2) is 119 Å². The monoisotopic (exact) mass is 452 g/mol. The first kappa shape index (κ1) is 24.3. The highest BCUT2D eigenvalue weighted by Gasteiger charge is 2.16. The van der Waals surface area contributed by atoms with Crippen LogP contribution in [0.3, 0.4) is 0 Å². The third-order valence-corrected chi connectivity index (χ3v) is 4.90. The third-order valence-electron chi connectivity index (χ3n) is 4.90. The number of rotatable bonds is 8. The molecule has 0 amide bonds. The predicted octanol–water partition coefficient (Wildman–Crippen LogP) is 5.38. The molecule has 1 aromatic heterocycles. The zero-order valence-corrected chi connectivity index (χ0v) is 19.4. The summed E-state index contributed by atoms with van der Waals surface area (Å²) >= 11 is 0. The Morgan fingerprint density at radius 1 is 0.765 bits per heavy atom. The van der Waals surface area contributed by atoms with E-state index in [1.165, 1.54) is 6.21 Å². The van der Waals surface area contributed by atoms with E-state index in [1.807, 2.05) is 125 Å². The molecular formula is C28H30N5O+. The Balaban J connectivity index is 0.000000302. The third kappa shape index (κ3) is 7.98. The van der Waals surface area contributed by atoms with Crippen molar-refractivity contribution in [2.24, 2.45) is 15.4 Å². The Morgan fingerprint density at radius 2 is 1.29 bits per heavy atom. The van der Waals surface area contributed by atoms with Crippen molar-refractivity contribution in [3.63, 3.8) is 0 Å². The molecule has 0 aliphatic carbocycles. The van der Waals surface area contributed by atoms with Crippen LogP contribution in [-0.4, -0.2) is 28.5 Å². The van der Waals surface area contributed by atoms with Crippen LogP contribution in [0, 0.1) is 0 Å². The van der Waals surface area contributed by atoms with Crippen LogP contribution in [0.1, 0.15) is 42.3 Å². The lowest BCUT2D eigenvalue weighted by Crippen LogP contribution is -2.31. The number of aromatic nitrogens is 2. The minimum absolute atomic E-state index is 0.903. The molecule has 6 heteroatoms. The highest BCUT2D eigenvalue weighted by atomic mass is 16.4. The van der Waals surface area contributed by atoms with Crippen molar-refractivity contribution in [1.29, 1.82) is 0 Å². The molecule has 0 saturated heterocycles. The lowest BCUT2D eigenvalue weighted by atomic mass is 10.2. The maximum atomic E-state index is 8.09. The van der Waals surface area contributed by atoms with Gasteiger partial charge in [0.05, 0.1) is 25.1 Å². The van der Waals surface area contributed by atoms with Gasteiger partial charge in [-0.05, 0) is 23.1 Å². The highest BCUT2D eigenvalue weighted by molar-refractivity contribution is 5.79. The van der Waals surface area contributed by atoms with Gasteiger partial charge in [-0.15, -0.1) is 9.35 Å². The van der Waals surface area contributed by atoms with E-state index in [0.717, 1.165) is 41.8 Å². The van der Waals surface area contributed by atoms with E-state index in [0.29, 0.717) is 0 Å². The molecule has 4 rings (SSSR count). The number of benzene rings is 3. The number of nitrogens with zero attached hydrogens (tertiary/aromatic N) is 5.